The zero-order chi connectivity index (χ0) is 9.68. The van der Waals surface area contributed by atoms with E-state index in [0.29, 0.717) is 6.04 Å². The molecule has 0 amide bonds. The van der Waals surface area contributed by atoms with Gasteiger partial charge in [0.25, 0.3) is 0 Å². The van der Waals surface area contributed by atoms with Crippen molar-refractivity contribution >= 4 is 0 Å². The highest BCUT2D eigenvalue weighted by Crippen LogP contribution is 2.28. The minimum atomic E-state index is 0.663. The molecule has 1 rings (SSSR count). The van der Waals surface area contributed by atoms with Crippen molar-refractivity contribution in [3.05, 3.63) is 0 Å². The van der Waals surface area contributed by atoms with Gasteiger partial charge in [0.2, 0.25) is 0 Å². The Morgan fingerprint density at radius 3 is 2.54 bits per heavy atom. The molecule has 0 aromatic carbocycles. The molecule has 0 heterocycles. The highest BCUT2D eigenvalue weighted by Gasteiger charge is 2.22. The summed E-state index contributed by atoms with van der Waals surface area (Å²) in [6, 6.07) is 0.663. The fraction of sp³-hybridized carbons (Fsp3) is 0.833. The fourth-order valence-corrected chi connectivity index (χ4v) is 2.26. The van der Waals surface area contributed by atoms with Crippen LogP contribution >= 0.6 is 0 Å². The van der Waals surface area contributed by atoms with Crippen LogP contribution in [0.2, 0.25) is 0 Å². The molecule has 0 aromatic rings. The minimum absolute atomic E-state index is 0.663. The lowest BCUT2D eigenvalue weighted by Gasteiger charge is -2.33. The SMILES string of the molecule is C#CCN(C)C(C)C1CCCCC1. The number of hydrogen-bond donors (Lipinski definition) is 0. The van der Waals surface area contributed by atoms with Gasteiger partial charge in [0.15, 0.2) is 0 Å². The first kappa shape index (κ1) is 10.6. The summed E-state index contributed by atoms with van der Waals surface area (Å²) in [6.07, 6.45) is 12.4. The van der Waals surface area contributed by atoms with E-state index in [9.17, 15) is 0 Å². The van der Waals surface area contributed by atoms with E-state index in [4.69, 9.17) is 6.42 Å². The van der Waals surface area contributed by atoms with Gasteiger partial charge in [-0.2, -0.15) is 0 Å². The standard InChI is InChI=1S/C12H21N/c1-4-10-13(3)11(2)12-8-6-5-7-9-12/h1,11-12H,5-10H2,2-3H3. The maximum atomic E-state index is 5.31. The second kappa shape index (κ2) is 5.29. The Balaban J connectivity index is 2.36. The molecule has 1 saturated carbocycles. The molecule has 74 valence electrons. The molecule has 13 heavy (non-hydrogen) atoms. The van der Waals surface area contributed by atoms with Gasteiger partial charge in [-0.25, -0.2) is 0 Å². The van der Waals surface area contributed by atoms with Crippen molar-refractivity contribution in [2.45, 2.75) is 45.1 Å². The zero-order valence-electron chi connectivity index (χ0n) is 8.92. The van der Waals surface area contributed by atoms with E-state index in [1.54, 1.807) is 0 Å². The monoisotopic (exact) mass is 179 g/mol. The second-order valence-electron chi connectivity index (χ2n) is 4.26. The van der Waals surface area contributed by atoms with Gasteiger partial charge in [0.1, 0.15) is 0 Å². The lowest BCUT2D eigenvalue weighted by molar-refractivity contribution is 0.172. The van der Waals surface area contributed by atoms with Gasteiger partial charge in [0, 0.05) is 6.04 Å². The van der Waals surface area contributed by atoms with Crippen LogP contribution < -0.4 is 0 Å². The summed E-state index contributed by atoms with van der Waals surface area (Å²) in [5.41, 5.74) is 0. The van der Waals surface area contributed by atoms with Crippen molar-refractivity contribution in [2.75, 3.05) is 13.6 Å². The van der Waals surface area contributed by atoms with E-state index in [0.717, 1.165) is 12.5 Å². The van der Waals surface area contributed by atoms with E-state index in [1.807, 2.05) is 0 Å². The largest absolute Gasteiger partial charge is 0.292 e. The lowest BCUT2D eigenvalue weighted by atomic mass is 9.84. The van der Waals surface area contributed by atoms with Crippen molar-refractivity contribution in [1.29, 1.82) is 0 Å². The first-order valence-electron chi connectivity index (χ1n) is 5.39. The quantitative estimate of drug-likeness (QED) is 0.602. The molecule has 1 aliphatic carbocycles. The van der Waals surface area contributed by atoms with Gasteiger partial charge in [-0.15, -0.1) is 6.42 Å². The average molecular weight is 179 g/mol. The molecule has 0 aliphatic heterocycles. The molecule has 0 aromatic heterocycles. The fourth-order valence-electron chi connectivity index (χ4n) is 2.26. The Morgan fingerprint density at radius 1 is 1.38 bits per heavy atom. The third-order valence-corrected chi connectivity index (χ3v) is 3.37. The van der Waals surface area contributed by atoms with E-state index < -0.39 is 0 Å². The predicted molar refractivity (Wildman–Crippen MR) is 57.5 cm³/mol. The van der Waals surface area contributed by atoms with Gasteiger partial charge in [-0.05, 0) is 32.7 Å². The van der Waals surface area contributed by atoms with Gasteiger partial charge in [-0.3, -0.25) is 4.90 Å². The molecule has 1 unspecified atom stereocenters. The topological polar surface area (TPSA) is 3.24 Å². The third-order valence-electron chi connectivity index (χ3n) is 3.37. The van der Waals surface area contributed by atoms with Gasteiger partial charge in [0.05, 0.1) is 6.54 Å². The first-order valence-corrected chi connectivity index (χ1v) is 5.39. The molecule has 1 atom stereocenters. The third kappa shape index (κ3) is 3.04. The first-order chi connectivity index (χ1) is 6.25. The molecular weight excluding hydrogens is 158 g/mol. The van der Waals surface area contributed by atoms with Crippen molar-refractivity contribution in [3.63, 3.8) is 0 Å². The summed E-state index contributed by atoms with van der Waals surface area (Å²) in [5, 5.41) is 0. The van der Waals surface area contributed by atoms with Crippen molar-refractivity contribution in [2.24, 2.45) is 5.92 Å². The van der Waals surface area contributed by atoms with E-state index in [1.165, 1.54) is 32.1 Å². The van der Waals surface area contributed by atoms with Crippen LogP contribution in [0.3, 0.4) is 0 Å². The van der Waals surface area contributed by atoms with Crippen LogP contribution in [0.15, 0.2) is 0 Å². The van der Waals surface area contributed by atoms with Gasteiger partial charge in [-0.1, -0.05) is 25.2 Å². The number of terminal acetylenes is 1. The minimum Gasteiger partial charge on any atom is -0.292 e. The van der Waals surface area contributed by atoms with Crippen LogP contribution in [0.5, 0.6) is 0 Å². The van der Waals surface area contributed by atoms with E-state index in [2.05, 4.69) is 24.8 Å². The highest BCUT2D eigenvalue weighted by molar-refractivity contribution is 4.90. The van der Waals surface area contributed by atoms with Crippen LogP contribution in [0.4, 0.5) is 0 Å². The van der Waals surface area contributed by atoms with Crippen molar-refractivity contribution < 1.29 is 0 Å². The second-order valence-corrected chi connectivity index (χ2v) is 4.26. The summed E-state index contributed by atoms with van der Waals surface area (Å²) in [6.45, 7) is 3.10. The van der Waals surface area contributed by atoms with Crippen molar-refractivity contribution in [3.8, 4) is 12.3 Å². The van der Waals surface area contributed by atoms with E-state index >= 15 is 0 Å². The maximum Gasteiger partial charge on any atom is 0.0598 e. The molecule has 1 aliphatic rings. The molecule has 1 nitrogen and oxygen atoms in total. The lowest BCUT2D eigenvalue weighted by Crippen LogP contribution is -2.36. The smallest absolute Gasteiger partial charge is 0.0598 e. The molecular formula is C12H21N. The van der Waals surface area contributed by atoms with E-state index in [-0.39, 0.29) is 0 Å². The number of rotatable bonds is 3. The summed E-state index contributed by atoms with van der Waals surface area (Å²) in [4.78, 5) is 2.30. The molecule has 0 spiro atoms. The maximum absolute atomic E-state index is 5.31. The average Bonchev–Trinajstić information content (AvgIpc) is 2.18. The Labute approximate surface area is 82.5 Å². The number of hydrogen-bond acceptors (Lipinski definition) is 1. The summed E-state index contributed by atoms with van der Waals surface area (Å²) < 4.78 is 0. The zero-order valence-corrected chi connectivity index (χ0v) is 8.92. The highest BCUT2D eigenvalue weighted by atomic mass is 15.1. The van der Waals surface area contributed by atoms with Crippen LogP contribution in [-0.4, -0.2) is 24.5 Å². The van der Waals surface area contributed by atoms with Crippen molar-refractivity contribution in [1.82, 2.24) is 4.90 Å². The van der Waals surface area contributed by atoms with Crippen LogP contribution in [0.25, 0.3) is 0 Å². The summed E-state index contributed by atoms with van der Waals surface area (Å²) in [5.74, 6) is 3.59. The van der Waals surface area contributed by atoms with Crippen LogP contribution in [0.1, 0.15) is 39.0 Å². The Bertz CT molecular complexity index is 174. The van der Waals surface area contributed by atoms with Gasteiger partial charge >= 0.3 is 0 Å². The molecule has 0 N–H and O–H groups in total. The summed E-state index contributed by atoms with van der Waals surface area (Å²) in [7, 11) is 2.14. The Morgan fingerprint density at radius 2 is 2.00 bits per heavy atom. The molecule has 1 heteroatoms. The molecule has 0 saturated heterocycles. The molecule has 0 radical (unpaired) electrons. The van der Waals surface area contributed by atoms with Crippen LogP contribution in [0, 0.1) is 18.3 Å². The Hall–Kier alpha value is -0.480. The molecule has 0 bridgehead atoms. The normalized spacial score (nSPS) is 21.4. The Kier molecular flexibility index (Phi) is 4.32. The van der Waals surface area contributed by atoms with Gasteiger partial charge < -0.3 is 0 Å². The number of nitrogens with zero attached hydrogens (tertiary/aromatic N) is 1. The molecule has 1 fully saturated rings. The van der Waals surface area contributed by atoms with Crippen LogP contribution in [-0.2, 0) is 0 Å². The summed E-state index contributed by atoms with van der Waals surface area (Å²) >= 11 is 0. The predicted octanol–water partition coefficient (Wildman–Crippen LogP) is 2.52.